The minimum Gasteiger partial charge on any atom is -0.482 e. The van der Waals surface area contributed by atoms with Crippen LogP contribution >= 0.6 is 11.6 Å². The Morgan fingerprint density at radius 3 is 2.53 bits per heavy atom. The predicted molar refractivity (Wildman–Crippen MR) is 137 cm³/mol. The van der Waals surface area contributed by atoms with E-state index >= 15 is 0 Å². The van der Waals surface area contributed by atoms with Crippen molar-refractivity contribution in [3.63, 3.8) is 0 Å². The van der Waals surface area contributed by atoms with Gasteiger partial charge in [0, 0.05) is 56.0 Å². The summed E-state index contributed by atoms with van der Waals surface area (Å²) >= 11 is 5.99. The van der Waals surface area contributed by atoms with Gasteiger partial charge in [-0.05, 0) is 55.7 Å². The number of hydrogen-bond acceptors (Lipinski definition) is 6. The van der Waals surface area contributed by atoms with Crippen LogP contribution < -0.4 is 15.0 Å². The molecule has 0 bridgehead atoms. The third-order valence-electron chi connectivity index (χ3n) is 7.04. The van der Waals surface area contributed by atoms with Crippen LogP contribution in [0.4, 0.5) is 11.4 Å². The van der Waals surface area contributed by atoms with Crippen LogP contribution in [0.1, 0.15) is 18.4 Å². The van der Waals surface area contributed by atoms with Gasteiger partial charge in [0.2, 0.25) is 15.9 Å². The Bertz CT molecular complexity index is 1280. The van der Waals surface area contributed by atoms with Gasteiger partial charge in [0.1, 0.15) is 5.75 Å². The summed E-state index contributed by atoms with van der Waals surface area (Å²) in [5, 5.41) is 3.39. The van der Waals surface area contributed by atoms with E-state index in [2.05, 4.69) is 10.2 Å². The van der Waals surface area contributed by atoms with Gasteiger partial charge in [0.15, 0.2) is 6.61 Å². The number of amides is 2. The first-order valence-electron chi connectivity index (χ1n) is 12.1. The number of nitrogens with one attached hydrogen (secondary N) is 1. The first-order valence-corrected chi connectivity index (χ1v) is 13.9. The third-order valence-corrected chi connectivity index (χ3v) is 9.30. The molecule has 0 radical (unpaired) electrons. The zero-order chi connectivity index (χ0) is 25.4. The van der Waals surface area contributed by atoms with Crippen molar-refractivity contribution < 1.29 is 22.7 Å². The Hall–Kier alpha value is -2.82. The van der Waals surface area contributed by atoms with Crippen molar-refractivity contribution in [1.29, 1.82) is 0 Å². The quantitative estimate of drug-likeness (QED) is 0.650. The van der Waals surface area contributed by atoms with Crippen LogP contribution in [-0.2, 0) is 19.6 Å². The number of halogens is 1. The minimum atomic E-state index is -3.83. The molecule has 1 atom stereocenters. The number of benzene rings is 2. The van der Waals surface area contributed by atoms with Gasteiger partial charge in [-0.3, -0.25) is 9.59 Å². The summed E-state index contributed by atoms with van der Waals surface area (Å²) in [4.78, 5) is 29.2. The molecule has 9 nitrogen and oxygen atoms in total. The van der Waals surface area contributed by atoms with Crippen LogP contribution in [0.3, 0.4) is 0 Å². The van der Waals surface area contributed by atoms with Crippen molar-refractivity contribution in [3.8, 4) is 5.75 Å². The van der Waals surface area contributed by atoms with E-state index in [-0.39, 0.29) is 35.8 Å². The Labute approximate surface area is 216 Å². The van der Waals surface area contributed by atoms with Crippen LogP contribution in [-0.4, -0.2) is 75.3 Å². The van der Waals surface area contributed by atoms with Crippen LogP contribution in [0.25, 0.3) is 0 Å². The summed E-state index contributed by atoms with van der Waals surface area (Å²) in [6.45, 7) is 4.69. The standard InChI is InChI=1S/C25H29ClN4O5S/c1-17-13-21-22(35-16-24(31)27-21)14-23(17)36(33,34)30-8-2-3-18(15-30)25(32)29-11-9-28(10-12-29)20-6-4-19(26)5-7-20/h4-7,13-14,18H,2-3,8-12,15-16H2,1H3,(H,27,31)/t18-/m0/s1. The fourth-order valence-corrected chi connectivity index (χ4v) is 6.96. The highest BCUT2D eigenvalue weighted by Gasteiger charge is 2.37. The number of fused-ring (bicyclic) bond motifs is 1. The fraction of sp³-hybridized carbons (Fsp3) is 0.440. The number of sulfonamides is 1. The molecule has 2 saturated heterocycles. The number of piperazine rings is 1. The smallest absolute Gasteiger partial charge is 0.262 e. The number of piperidine rings is 1. The normalized spacial score (nSPS) is 20.9. The zero-order valence-corrected chi connectivity index (χ0v) is 21.6. The topological polar surface area (TPSA) is 99.3 Å². The summed E-state index contributed by atoms with van der Waals surface area (Å²) in [6, 6.07) is 10.8. The summed E-state index contributed by atoms with van der Waals surface area (Å²) in [7, 11) is -3.83. The molecule has 2 fully saturated rings. The van der Waals surface area contributed by atoms with Crippen molar-refractivity contribution in [2.75, 3.05) is 56.1 Å². The van der Waals surface area contributed by atoms with E-state index in [9.17, 15) is 18.0 Å². The number of aryl methyl sites for hydroxylation is 1. The third kappa shape index (κ3) is 4.89. The van der Waals surface area contributed by atoms with Crippen LogP contribution in [0.2, 0.25) is 5.02 Å². The molecule has 0 saturated carbocycles. The first kappa shape index (κ1) is 24.9. The van der Waals surface area contributed by atoms with Crippen molar-refractivity contribution >= 4 is 44.8 Å². The molecule has 0 spiro atoms. The van der Waals surface area contributed by atoms with E-state index in [0.29, 0.717) is 67.6 Å². The highest BCUT2D eigenvalue weighted by Crippen LogP contribution is 2.35. The van der Waals surface area contributed by atoms with Crippen LogP contribution in [0.5, 0.6) is 5.75 Å². The highest BCUT2D eigenvalue weighted by atomic mass is 35.5. The van der Waals surface area contributed by atoms with E-state index in [4.69, 9.17) is 16.3 Å². The molecule has 2 aromatic rings. The molecule has 0 aromatic heterocycles. The molecule has 3 heterocycles. The monoisotopic (exact) mass is 532 g/mol. The number of hydrogen-bond donors (Lipinski definition) is 1. The second kappa shape index (κ2) is 9.91. The van der Waals surface area contributed by atoms with Gasteiger partial charge >= 0.3 is 0 Å². The lowest BCUT2D eigenvalue weighted by Crippen LogP contribution is -2.53. The van der Waals surface area contributed by atoms with Gasteiger partial charge in [0.25, 0.3) is 5.91 Å². The average molecular weight is 533 g/mol. The van der Waals surface area contributed by atoms with Crippen molar-refractivity contribution in [1.82, 2.24) is 9.21 Å². The van der Waals surface area contributed by atoms with Crippen molar-refractivity contribution in [2.45, 2.75) is 24.7 Å². The molecule has 0 unspecified atom stereocenters. The molecule has 192 valence electrons. The van der Waals surface area contributed by atoms with Gasteiger partial charge in [-0.25, -0.2) is 8.42 Å². The van der Waals surface area contributed by atoms with Crippen LogP contribution in [0, 0.1) is 12.8 Å². The van der Waals surface area contributed by atoms with Crippen LogP contribution in [0.15, 0.2) is 41.3 Å². The second-order valence-corrected chi connectivity index (χ2v) is 11.8. The van der Waals surface area contributed by atoms with Gasteiger partial charge < -0.3 is 19.9 Å². The molecule has 0 aliphatic carbocycles. The SMILES string of the molecule is Cc1cc2c(cc1S(=O)(=O)N1CCC[C@H](C(=O)N3CCN(c4ccc(Cl)cc4)CC3)C1)OCC(=O)N2. The van der Waals surface area contributed by atoms with Crippen molar-refractivity contribution in [3.05, 3.63) is 47.0 Å². The maximum Gasteiger partial charge on any atom is 0.262 e. The van der Waals surface area contributed by atoms with E-state index < -0.39 is 10.0 Å². The van der Waals surface area contributed by atoms with E-state index in [1.165, 1.54) is 10.4 Å². The molecule has 2 amide bonds. The number of carbonyl (C=O) groups is 2. The van der Waals surface area contributed by atoms with Gasteiger partial charge in [-0.15, -0.1) is 0 Å². The summed E-state index contributed by atoms with van der Waals surface area (Å²) in [5.74, 6) is -0.297. The van der Waals surface area contributed by atoms with Crippen molar-refractivity contribution in [2.24, 2.45) is 5.92 Å². The number of ether oxygens (including phenoxy) is 1. The Morgan fingerprint density at radius 1 is 1.08 bits per heavy atom. The highest BCUT2D eigenvalue weighted by molar-refractivity contribution is 7.89. The maximum atomic E-state index is 13.6. The molecule has 3 aliphatic rings. The Balaban J connectivity index is 1.26. The van der Waals surface area contributed by atoms with E-state index in [0.717, 1.165) is 5.69 Å². The summed E-state index contributed by atoms with van der Waals surface area (Å²) < 4.78 is 34.0. The maximum absolute atomic E-state index is 13.6. The number of nitrogens with zero attached hydrogens (tertiary/aromatic N) is 3. The number of carbonyl (C=O) groups excluding carboxylic acids is 2. The zero-order valence-electron chi connectivity index (χ0n) is 20.1. The molecule has 3 aliphatic heterocycles. The van der Waals surface area contributed by atoms with Gasteiger partial charge in [-0.1, -0.05) is 11.6 Å². The largest absolute Gasteiger partial charge is 0.482 e. The molecule has 1 N–H and O–H groups in total. The second-order valence-electron chi connectivity index (χ2n) is 9.44. The minimum absolute atomic E-state index is 0.0128. The Morgan fingerprint density at radius 2 is 1.81 bits per heavy atom. The van der Waals surface area contributed by atoms with Gasteiger partial charge in [0.05, 0.1) is 16.5 Å². The van der Waals surface area contributed by atoms with Gasteiger partial charge in [-0.2, -0.15) is 4.31 Å². The lowest BCUT2D eigenvalue weighted by molar-refractivity contribution is -0.137. The molecular formula is C25H29ClN4O5S. The molecule has 11 heteroatoms. The lowest BCUT2D eigenvalue weighted by atomic mass is 9.97. The van der Waals surface area contributed by atoms with E-state index in [1.54, 1.807) is 13.0 Å². The molecule has 36 heavy (non-hydrogen) atoms. The number of anilines is 2. The van der Waals surface area contributed by atoms with E-state index in [1.807, 2.05) is 29.2 Å². The fourth-order valence-electron chi connectivity index (χ4n) is 5.09. The number of rotatable bonds is 4. The molecule has 5 rings (SSSR count). The predicted octanol–water partition coefficient (Wildman–Crippen LogP) is 2.73. The lowest BCUT2D eigenvalue weighted by Gasteiger charge is -2.39. The molecular weight excluding hydrogens is 504 g/mol. The molecule has 2 aromatic carbocycles. The Kier molecular flexibility index (Phi) is 6.84. The summed E-state index contributed by atoms with van der Waals surface area (Å²) in [5.41, 5.74) is 2.06. The first-order chi connectivity index (χ1) is 17.2. The summed E-state index contributed by atoms with van der Waals surface area (Å²) in [6.07, 6.45) is 1.29. The average Bonchev–Trinajstić information content (AvgIpc) is 2.88.